The van der Waals surface area contributed by atoms with Crippen molar-refractivity contribution in [1.82, 2.24) is 5.32 Å². The molecule has 0 bridgehead atoms. The lowest BCUT2D eigenvalue weighted by molar-refractivity contribution is -0.121. The van der Waals surface area contributed by atoms with Crippen LogP contribution in [0.3, 0.4) is 0 Å². The fraction of sp³-hybridized carbons (Fsp3) is 0.111. The van der Waals surface area contributed by atoms with Gasteiger partial charge in [-0.3, -0.25) is 14.9 Å². The molecule has 2 amide bonds. The summed E-state index contributed by atoms with van der Waals surface area (Å²) < 4.78 is 13.1. The SMILES string of the molecule is N#CNC(=Nc1ccccc1)SC1CC(=O)N(c2ccc(F)cc2)C1=O. The molecule has 0 radical (unpaired) electrons. The van der Waals surface area contributed by atoms with Crippen LogP contribution < -0.4 is 10.2 Å². The van der Waals surface area contributed by atoms with Gasteiger partial charge in [-0.05, 0) is 36.4 Å². The van der Waals surface area contributed by atoms with Crippen molar-refractivity contribution < 1.29 is 14.0 Å². The number of rotatable bonds is 3. The van der Waals surface area contributed by atoms with Crippen molar-refractivity contribution in [2.45, 2.75) is 11.7 Å². The van der Waals surface area contributed by atoms with Gasteiger partial charge in [0.15, 0.2) is 11.4 Å². The molecule has 1 aliphatic rings. The molecule has 130 valence electrons. The van der Waals surface area contributed by atoms with Crippen molar-refractivity contribution in [3.05, 3.63) is 60.4 Å². The monoisotopic (exact) mass is 368 g/mol. The van der Waals surface area contributed by atoms with Crippen molar-refractivity contribution in [2.75, 3.05) is 4.90 Å². The summed E-state index contributed by atoms with van der Waals surface area (Å²) in [5, 5.41) is 10.9. The first-order chi connectivity index (χ1) is 12.6. The molecule has 6 nitrogen and oxygen atoms in total. The third-order valence-electron chi connectivity index (χ3n) is 3.59. The molecule has 0 saturated carbocycles. The Morgan fingerprint density at radius 2 is 1.88 bits per heavy atom. The van der Waals surface area contributed by atoms with Gasteiger partial charge in [0.2, 0.25) is 11.8 Å². The molecule has 1 atom stereocenters. The van der Waals surface area contributed by atoms with E-state index in [9.17, 15) is 14.0 Å². The number of aliphatic imine (C=N–C) groups is 1. The van der Waals surface area contributed by atoms with E-state index in [0.29, 0.717) is 11.4 Å². The molecule has 1 aliphatic heterocycles. The zero-order valence-electron chi connectivity index (χ0n) is 13.4. The molecule has 1 unspecified atom stereocenters. The summed E-state index contributed by atoms with van der Waals surface area (Å²) in [5.41, 5.74) is 0.934. The largest absolute Gasteiger partial charge is 0.274 e. The number of carbonyl (C=O) groups is 2. The van der Waals surface area contributed by atoms with E-state index in [1.807, 2.05) is 6.07 Å². The molecule has 1 fully saturated rings. The molecule has 1 saturated heterocycles. The number of carbonyl (C=O) groups excluding carboxylic acids is 2. The quantitative estimate of drug-likeness (QED) is 0.296. The van der Waals surface area contributed by atoms with Crippen LogP contribution in [0.4, 0.5) is 15.8 Å². The Morgan fingerprint density at radius 3 is 2.54 bits per heavy atom. The normalized spacial score (nSPS) is 17.3. The lowest BCUT2D eigenvalue weighted by atomic mass is 10.3. The summed E-state index contributed by atoms with van der Waals surface area (Å²) in [6, 6.07) is 14.1. The van der Waals surface area contributed by atoms with Gasteiger partial charge in [-0.25, -0.2) is 14.3 Å². The van der Waals surface area contributed by atoms with Gasteiger partial charge in [-0.2, -0.15) is 5.26 Å². The van der Waals surface area contributed by atoms with E-state index in [4.69, 9.17) is 5.26 Å². The zero-order chi connectivity index (χ0) is 18.5. The minimum Gasteiger partial charge on any atom is -0.274 e. The highest BCUT2D eigenvalue weighted by molar-refractivity contribution is 8.15. The van der Waals surface area contributed by atoms with Crippen LogP contribution >= 0.6 is 11.8 Å². The molecule has 0 aliphatic carbocycles. The number of nitrogens with one attached hydrogen (secondary N) is 1. The van der Waals surface area contributed by atoms with Crippen LogP contribution in [-0.4, -0.2) is 22.2 Å². The molecule has 8 heteroatoms. The van der Waals surface area contributed by atoms with Crippen LogP contribution in [-0.2, 0) is 9.59 Å². The highest BCUT2D eigenvalue weighted by atomic mass is 32.2. The molecule has 0 spiro atoms. The second-order valence-corrected chi connectivity index (χ2v) is 6.54. The lowest BCUT2D eigenvalue weighted by Crippen LogP contribution is -2.32. The summed E-state index contributed by atoms with van der Waals surface area (Å²) in [6.07, 6.45) is 1.76. The summed E-state index contributed by atoms with van der Waals surface area (Å²) in [6.45, 7) is 0. The van der Waals surface area contributed by atoms with Gasteiger partial charge in [0, 0.05) is 6.42 Å². The van der Waals surface area contributed by atoms with Crippen molar-refractivity contribution in [3.63, 3.8) is 0 Å². The smallest absolute Gasteiger partial charge is 0.247 e. The Morgan fingerprint density at radius 1 is 1.19 bits per heavy atom. The summed E-state index contributed by atoms with van der Waals surface area (Å²) >= 11 is 1.02. The number of amidine groups is 1. The van der Waals surface area contributed by atoms with E-state index in [-0.39, 0.29) is 17.5 Å². The van der Waals surface area contributed by atoms with Crippen molar-refractivity contribution in [3.8, 4) is 6.19 Å². The summed E-state index contributed by atoms with van der Waals surface area (Å²) in [7, 11) is 0. The highest BCUT2D eigenvalue weighted by Gasteiger charge is 2.40. The Kier molecular flexibility index (Phi) is 5.29. The average Bonchev–Trinajstić information content (AvgIpc) is 2.91. The standard InChI is InChI=1S/C18H13FN4O2S/c19-12-6-8-14(9-7-12)23-16(24)10-15(17(23)25)26-18(21-11-20)22-13-4-2-1-3-5-13/h1-9,15H,10H2,(H,21,22). The number of anilines is 1. The fourth-order valence-electron chi connectivity index (χ4n) is 2.44. The maximum atomic E-state index is 13.1. The lowest BCUT2D eigenvalue weighted by Gasteiger charge is -2.15. The van der Waals surface area contributed by atoms with Crippen LogP contribution in [0.2, 0.25) is 0 Å². The van der Waals surface area contributed by atoms with Crippen LogP contribution in [0.25, 0.3) is 0 Å². The van der Waals surface area contributed by atoms with Crippen LogP contribution in [0, 0.1) is 17.3 Å². The van der Waals surface area contributed by atoms with Crippen LogP contribution in [0.5, 0.6) is 0 Å². The van der Waals surface area contributed by atoms with Crippen molar-refractivity contribution in [2.24, 2.45) is 4.99 Å². The van der Waals surface area contributed by atoms with E-state index in [2.05, 4.69) is 10.3 Å². The number of hydrogen-bond donors (Lipinski definition) is 1. The first kappa shape index (κ1) is 17.6. The molecular formula is C18H13FN4O2S. The van der Waals surface area contributed by atoms with Gasteiger partial charge in [-0.1, -0.05) is 30.0 Å². The molecule has 2 aromatic rings. The fourth-order valence-corrected chi connectivity index (χ4v) is 3.41. The Balaban J connectivity index is 1.80. The molecule has 26 heavy (non-hydrogen) atoms. The molecule has 0 aromatic heterocycles. The maximum Gasteiger partial charge on any atom is 0.247 e. The summed E-state index contributed by atoms with van der Waals surface area (Å²) in [5.74, 6) is -1.25. The zero-order valence-corrected chi connectivity index (χ0v) is 14.2. The van der Waals surface area contributed by atoms with Crippen LogP contribution in [0.15, 0.2) is 59.6 Å². The van der Waals surface area contributed by atoms with Crippen LogP contribution in [0.1, 0.15) is 6.42 Å². The predicted octanol–water partition coefficient (Wildman–Crippen LogP) is 2.95. The number of benzene rings is 2. The number of thioether (sulfide) groups is 1. The second-order valence-electron chi connectivity index (χ2n) is 5.34. The number of halogens is 1. The van der Waals surface area contributed by atoms with E-state index in [1.165, 1.54) is 24.3 Å². The molecule has 1 heterocycles. The van der Waals surface area contributed by atoms with Crippen molar-refractivity contribution in [1.29, 1.82) is 5.26 Å². The van der Waals surface area contributed by atoms with E-state index < -0.39 is 17.0 Å². The number of imide groups is 1. The third kappa shape index (κ3) is 3.90. The number of amides is 2. The predicted molar refractivity (Wildman–Crippen MR) is 97.2 cm³/mol. The van der Waals surface area contributed by atoms with Gasteiger partial charge in [0.05, 0.1) is 11.4 Å². The Hall–Kier alpha value is -3.18. The molecule has 3 rings (SSSR count). The first-order valence-corrected chi connectivity index (χ1v) is 8.54. The molecule has 2 aromatic carbocycles. The molecule has 1 N–H and O–H groups in total. The van der Waals surface area contributed by atoms with Gasteiger partial charge in [0.25, 0.3) is 0 Å². The first-order valence-electron chi connectivity index (χ1n) is 7.66. The van der Waals surface area contributed by atoms with Crippen molar-refractivity contribution >= 4 is 40.1 Å². The Bertz CT molecular complexity index is 894. The minimum absolute atomic E-state index is 0.0260. The third-order valence-corrected chi connectivity index (χ3v) is 4.66. The number of hydrogen-bond acceptors (Lipinski definition) is 5. The second kappa shape index (κ2) is 7.80. The number of para-hydroxylation sites is 1. The Labute approximate surface area is 153 Å². The number of nitriles is 1. The van der Waals surface area contributed by atoms with E-state index in [0.717, 1.165) is 16.7 Å². The average molecular weight is 368 g/mol. The summed E-state index contributed by atoms with van der Waals surface area (Å²) in [4.78, 5) is 30.2. The van der Waals surface area contributed by atoms with Gasteiger partial charge >= 0.3 is 0 Å². The van der Waals surface area contributed by atoms with Gasteiger partial charge in [0.1, 0.15) is 11.1 Å². The topological polar surface area (TPSA) is 85.6 Å². The van der Waals surface area contributed by atoms with E-state index >= 15 is 0 Å². The van der Waals surface area contributed by atoms with Gasteiger partial charge < -0.3 is 0 Å². The number of nitrogens with zero attached hydrogens (tertiary/aromatic N) is 3. The minimum atomic E-state index is -0.712. The van der Waals surface area contributed by atoms with E-state index in [1.54, 1.807) is 30.5 Å². The van der Waals surface area contributed by atoms with Gasteiger partial charge in [-0.15, -0.1) is 0 Å². The highest BCUT2D eigenvalue weighted by Crippen LogP contribution is 2.30. The molecular weight excluding hydrogens is 355 g/mol. The maximum absolute atomic E-state index is 13.1.